The minimum Gasteiger partial charge on any atom is -0.381 e. The van der Waals surface area contributed by atoms with Crippen molar-refractivity contribution in [2.24, 2.45) is 5.92 Å². The third-order valence-electron chi connectivity index (χ3n) is 4.88. The Kier molecular flexibility index (Phi) is 6.28. The van der Waals surface area contributed by atoms with E-state index in [9.17, 15) is 22.8 Å². The molecule has 0 aromatic heterocycles. The molecule has 1 aliphatic rings. The molecule has 1 aromatic rings. The van der Waals surface area contributed by atoms with Crippen LogP contribution in [-0.2, 0) is 25.9 Å². The van der Waals surface area contributed by atoms with Crippen LogP contribution in [0.15, 0.2) is 24.3 Å². The lowest BCUT2D eigenvalue weighted by Crippen LogP contribution is -2.54. The van der Waals surface area contributed by atoms with Gasteiger partial charge in [0.1, 0.15) is 0 Å². The number of hydrogen-bond acceptors (Lipinski definition) is 3. The Balaban J connectivity index is 2.28. The first-order chi connectivity index (χ1) is 12.2. The van der Waals surface area contributed by atoms with Crippen LogP contribution < -0.4 is 10.9 Å². The molecule has 2 amide bonds. The topological polar surface area (TPSA) is 67.4 Å². The highest BCUT2D eigenvalue weighted by atomic mass is 19.4. The van der Waals surface area contributed by atoms with Crippen LogP contribution in [0.4, 0.5) is 13.2 Å². The molecule has 0 aliphatic carbocycles. The van der Waals surface area contributed by atoms with Gasteiger partial charge in [0.25, 0.3) is 0 Å². The van der Waals surface area contributed by atoms with Gasteiger partial charge < -0.3 is 4.74 Å². The van der Waals surface area contributed by atoms with Crippen LogP contribution in [0.5, 0.6) is 0 Å². The number of benzene rings is 1. The Morgan fingerprint density at radius 3 is 2.46 bits per heavy atom. The van der Waals surface area contributed by atoms with Crippen LogP contribution in [0.2, 0.25) is 0 Å². The van der Waals surface area contributed by atoms with Crippen molar-refractivity contribution in [2.75, 3.05) is 13.2 Å². The minimum atomic E-state index is -4.50. The third kappa shape index (κ3) is 4.35. The summed E-state index contributed by atoms with van der Waals surface area (Å²) in [5.41, 5.74) is 3.04. The molecule has 1 aromatic carbocycles. The summed E-state index contributed by atoms with van der Waals surface area (Å²) in [6.45, 7) is 4.07. The Bertz CT molecular complexity index is 655. The van der Waals surface area contributed by atoms with Crippen molar-refractivity contribution in [3.05, 3.63) is 35.4 Å². The molecule has 26 heavy (non-hydrogen) atoms. The van der Waals surface area contributed by atoms with E-state index < -0.39 is 23.1 Å². The van der Waals surface area contributed by atoms with Gasteiger partial charge >= 0.3 is 6.18 Å². The zero-order chi connectivity index (χ0) is 19.4. The lowest BCUT2D eigenvalue weighted by atomic mass is 9.73. The van der Waals surface area contributed by atoms with Crippen LogP contribution >= 0.6 is 0 Å². The number of carbonyl (C=O) groups is 2. The highest BCUT2D eigenvalue weighted by Crippen LogP contribution is 2.38. The normalized spacial score (nSPS) is 18.0. The zero-order valence-electron chi connectivity index (χ0n) is 14.8. The summed E-state index contributed by atoms with van der Waals surface area (Å²) in [6, 6.07) is 4.78. The van der Waals surface area contributed by atoms with Crippen molar-refractivity contribution in [3.63, 3.8) is 0 Å². The number of ether oxygens (including phenoxy) is 1. The maximum Gasteiger partial charge on any atom is 0.416 e. The Labute approximate surface area is 150 Å². The van der Waals surface area contributed by atoms with E-state index in [0.29, 0.717) is 6.42 Å². The molecule has 1 unspecified atom stereocenters. The van der Waals surface area contributed by atoms with Gasteiger partial charge in [-0.05, 0) is 30.9 Å². The standard InChI is InChI=1S/C18H23F3N2O3/c1-3-12(2)15(24)22-23-16(25)17(7-9-26-10-8-17)13-5-4-6-14(11-13)18(19,20)21/h4-6,11-12H,3,7-10H2,1-2H3,(H,22,24)(H,23,25). The lowest BCUT2D eigenvalue weighted by molar-refractivity contribution is -0.138. The van der Waals surface area contributed by atoms with Crippen LogP contribution in [0, 0.1) is 5.92 Å². The van der Waals surface area contributed by atoms with Gasteiger partial charge in [-0.25, -0.2) is 0 Å². The van der Waals surface area contributed by atoms with E-state index in [1.54, 1.807) is 6.92 Å². The van der Waals surface area contributed by atoms with Gasteiger partial charge in [-0.1, -0.05) is 32.0 Å². The molecule has 2 rings (SSSR count). The monoisotopic (exact) mass is 372 g/mol. The van der Waals surface area contributed by atoms with Crippen LogP contribution in [0.3, 0.4) is 0 Å². The Morgan fingerprint density at radius 1 is 1.23 bits per heavy atom. The maximum atomic E-state index is 13.1. The molecule has 0 radical (unpaired) electrons. The molecule has 0 saturated carbocycles. The van der Waals surface area contributed by atoms with Crippen LogP contribution in [0.25, 0.3) is 0 Å². The number of nitrogens with one attached hydrogen (secondary N) is 2. The minimum absolute atomic E-state index is 0.235. The third-order valence-corrected chi connectivity index (χ3v) is 4.88. The number of halogens is 3. The molecule has 1 heterocycles. The highest BCUT2D eigenvalue weighted by molar-refractivity contribution is 5.90. The summed E-state index contributed by atoms with van der Waals surface area (Å²) in [7, 11) is 0. The fourth-order valence-electron chi connectivity index (χ4n) is 2.91. The van der Waals surface area contributed by atoms with E-state index in [4.69, 9.17) is 4.74 Å². The lowest BCUT2D eigenvalue weighted by Gasteiger charge is -2.36. The van der Waals surface area contributed by atoms with Crippen molar-refractivity contribution in [1.29, 1.82) is 0 Å². The summed E-state index contributed by atoms with van der Waals surface area (Å²) < 4.78 is 44.5. The molecule has 1 aliphatic heterocycles. The van der Waals surface area contributed by atoms with Crippen molar-refractivity contribution < 1.29 is 27.5 Å². The first kappa shape index (κ1) is 20.2. The van der Waals surface area contributed by atoms with Gasteiger partial charge in [-0.15, -0.1) is 0 Å². The molecule has 0 spiro atoms. The predicted octanol–water partition coefficient (Wildman–Crippen LogP) is 2.95. The molecule has 144 valence electrons. The second-order valence-electron chi connectivity index (χ2n) is 6.53. The number of hydrazine groups is 1. The molecular weight excluding hydrogens is 349 g/mol. The van der Waals surface area contributed by atoms with Gasteiger partial charge in [0.15, 0.2) is 0 Å². The van der Waals surface area contributed by atoms with Gasteiger partial charge in [0, 0.05) is 19.1 Å². The summed E-state index contributed by atoms with van der Waals surface area (Å²) >= 11 is 0. The zero-order valence-corrected chi connectivity index (χ0v) is 14.8. The molecule has 2 N–H and O–H groups in total. The SMILES string of the molecule is CCC(C)C(=O)NNC(=O)C1(c2cccc(C(F)(F)F)c2)CCOCC1. The van der Waals surface area contributed by atoms with E-state index in [2.05, 4.69) is 10.9 Å². The maximum absolute atomic E-state index is 13.1. The summed E-state index contributed by atoms with van der Waals surface area (Å²) in [5, 5.41) is 0. The second kappa shape index (κ2) is 8.07. The first-order valence-corrected chi connectivity index (χ1v) is 8.56. The summed E-state index contributed by atoms with van der Waals surface area (Å²) in [6.07, 6.45) is -3.42. The first-order valence-electron chi connectivity index (χ1n) is 8.56. The molecule has 0 bridgehead atoms. The van der Waals surface area contributed by atoms with Crippen molar-refractivity contribution >= 4 is 11.8 Å². The van der Waals surface area contributed by atoms with E-state index in [0.717, 1.165) is 12.1 Å². The number of amides is 2. The number of hydrogen-bond donors (Lipinski definition) is 2. The average Bonchev–Trinajstić information content (AvgIpc) is 2.65. The molecule has 1 saturated heterocycles. The second-order valence-corrected chi connectivity index (χ2v) is 6.53. The van der Waals surface area contributed by atoms with E-state index in [1.807, 2.05) is 6.92 Å². The van der Waals surface area contributed by atoms with Gasteiger partial charge in [-0.2, -0.15) is 13.2 Å². The quantitative estimate of drug-likeness (QED) is 0.799. The molecule has 8 heteroatoms. The van der Waals surface area contributed by atoms with Crippen LogP contribution in [0.1, 0.15) is 44.2 Å². The fraction of sp³-hybridized carbons (Fsp3) is 0.556. The van der Waals surface area contributed by atoms with Gasteiger partial charge in [-0.3, -0.25) is 20.4 Å². The number of alkyl halides is 3. The highest BCUT2D eigenvalue weighted by Gasteiger charge is 2.43. The van der Waals surface area contributed by atoms with E-state index in [1.165, 1.54) is 12.1 Å². The largest absolute Gasteiger partial charge is 0.416 e. The number of carbonyl (C=O) groups excluding carboxylic acids is 2. The van der Waals surface area contributed by atoms with Crippen molar-refractivity contribution in [3.8, 4) is 0 Å². The Hall–Kier alpha value is -2.09. The molecule has 1 atom stereocenters. The molecule has 1 fully saturated rings. The van der Waals surface area contributed by atoms with Gasteiger partial charge in [0.05, 0.1) is 11.0 Å². The summed E-state index contributed by atoms with van der Waals surface area (Å²) in [4.78, 5) is 24.7. The average molecular weight is 372 g/mol. The van der Waals surface area contributed by atoms with Gasteiger partial charge in [0.2, 0.25) is 11.8 Å². The molecular formula is C18H23F3N2O3. The molecule has 5 nitrogen and oxygen atoms in total. The van der Waals surface area contributed by atoms with E-state index >= 15 is 0 Å². The summed E-state index contributed by atoms with van der Waals surface area (Å²) in [5.74, 6) is -1.15. The Morgan fingerprint density at radius 2 is 1.88 bits per heavy atom. The van der Waals surface area contributed by atoms with Crippen LogP contribution in [-0.4, -0.2) is 25.0 Å². The smallest absolute Gasteiger partial charge is 0.381 e. The van der Waals surface area contributed by atoms with Crippen molar-refractivity contribution in [2.45, 2.75) is 44.7 Å². The van der Waals surface area contributed by atoms with Crippen molar-refractivity contribution in [1.82, 2.24) is 10.9 Å². The van der Waals surface area contributed by atoms with E-state index in [-0.39, 0.29) is 43.4 Å². The number of rotatable bonds is 4. The predicted molar refractivity (Wildman–Crippen MR) is 88.9 cm³/mol. The fourth-order valence-corrected chi connectivity index (χ4v) is 2.91.